The quantitative estimate of drug-likeness (QED) is 0.260. The molecule has 1 aromatic carbocycles. The Morgan fingerprint density at radius 2 is 1.34 bits per heavy atom. The molecular formula is C23H40GaO5. The first-order chi connectivity index (χ1) is 14.3. The van der Waals surface area contributed by atoms with Gasteiger partial charge in [0.05, 0.1) is 33.0 Å². The summed E-state index contributed by atoms with van der Waals surface area (Å²) in [6.45, 7) is 13.0. The molecule has 0 unspecified atom stereocenters. The van der Waals surface area contributed by atoms with Gasteiger partial charge in [0.1, 0.15) is 0 Å². The van der Waals surface area contributed by atoms with Crippen molar-refractivity contribution in [2.24, 2.45) is 0 Å². The molecule has 0 saturated carbocycles. The van der Waals surface area contributed by atoms with Gasteiger partial charge in [0.25, 0.3) is 0 Å². The normalized spacial score (nSPS) is 11.9. The van der Waals surface area contributed by atoms with Crippen molar-refractivity contribution in [1.82, 2.24) is 0 Å². The molecule has 0 aromatic heterocycles. The second-order valence-corrected chi connectivity index (χ2v) is 11.6. The van der Waals surface area contributed by atoms with Gasteiger partial charge in [0, 0.05) is 6.61 Å². The summed E-state index contributed by atoms with van der Waals surface area (Å²) in [5.74, 6) is 1.66. The maximum atomic E-state index is 5.75. The Morgan fingerprint density at radius 3 is 1.90 bits per heavy atom. The predicted molar refractivity (Wildman–Crippen MR) is 119 cm³/mol. The molecule has 1 aromatic rings. The van der Waals surface area contributed by atoms with E-state index in [4.69, 9.17) is 23.7 Å². The molecule has 0 atom stereocenters. The van der Waals surface area contributed by atoms with Crippen LogP contribution in [0.4, 0.5) is 0 Å². The molecule has 29 heavy (non-hydrogen) atoms. The van der Waals surface area contributed by atoms with Crippen LogP contribution < -0.4 is 9.47 Å². The van der Waals surface area contributed by atoms with Crippen LogP contribution in [0.1, 0.15) is 58.1 Å². The van der Waals surface area contributed by atoms with E-state index in [2.05, 4.69) is 33.8 Å². The third kappa shape index (κ3) is 11.9. The zero-order chi connectivity index (χ0) is 21.2. The summed E-state index contributed by atoms with van der Waals surface area (Å²) < 4.78 is 27.6. The summed E-state index contributed by atoms with van der Waals surface area (Å²) in [4.78, 5) is 3.00. The van der Waals surface area contributed by atoms with Crippen LogP contribution in [0.5, 0.6) is 11.5 Å². The molecule has 1 aliphatic heterocycles. The molecular weight excluding hydrogens is 426 g/mol. The van der Waals surface area contributed by atoms with Gasteiger partial charge in [-0.2, -0.15) is 0 Å². The van der Waals surface area contributed by atoms with Gasteiger partial charge in [-0.1, -0.05) is 26.7 Å². The molecule has 0 spiro atoms. The summed E-state index contributed by atoms with van der Waals surface area (Å²) in [6.07, 6.45) is 4.38. The molecule has 0 bridgehead atoms. The van der Waals surface area contributed by atoms with E-state index in [1.54, 1.807) is 0 Å². The summed E-state index contributed by atoms with van der Waals surface area (Å²) >= 11 is 0.312. The molecule has 0 amide bonds. The fraction of sp³-hybridized carbons (Fsp3) is 0.739. The van der Waals surface area contributed by atoms with Gasteiger partial charge in [0.2, 0.25) is 6.79 Å². The van der Waals surface area contributed by atoms with Gasteiger partial charge >= 0.3 is 41.2 Å². The average molecular weight is 466 g/mol. The molecule has 0 fully saturated rings. The minimum absolute atomic E-state index is 0.305. The van der Waals surface area contributed by atoms with Crippen LogP contribution >= 0.6 is 0 Å². The van der Waals surface area contributed by atoms with Gasteiger partial charge < -0.3 is 23.7 Å². The van der Waals surface area contributed by atoms with E-state index in [0.29, 0.717) is 57.2 Å². The monoisotopic (exact) mass is 465 g/mol. The first-order valence-corrected chi connectivity index (χ1v) is 14.7. The van der Waals surface area contributed by atoms with E-state index in [-0.39, 0.29) is 0 Å². The van der Waals surface area contributed by atoms with Gasteiger partial charge in [0.15, 0.2) is 11.5 Å². The fourth-order valence-corrected chi connectivity index (χ4v) is 4.03. The standard InChI is InChI=1S/C19H30O5.2C2H5.Ga/c1-3-5-7-20-8-9-21-10-11-22-14-17-13-19-18(23-15-24-19)12-16(17)6-4-2;2*1-2;/h12-13H,3-11,14-15H2,1-2H3;2*1H2,2H3;. The number of rotatable bonds is 15. The van der Waals surface area contributed by atoms with Crippen LogP contribution in [0.15, 0.2) is 12.1 Å². The van der Waals surface area contributed by atoms with E-state index < -0.39 is 0 Å². The van der Waals surface area contributed by atoms with Crippen LogP contribution in [0.2, 0.25) is 9.95 Å². The van der Waals surface area contributed by atoms with Crippen molar-refractivity contribution < 1.29 is 23.7 Å². The van der Waals surface area contributed by atoms with Crippen LogP contribution in [0.25, 0.3) is 0 Å². The molecule has 5 nitrogen and oxygen atoms in total. The van der Waals surface area contributed by atoms with E-state index in [0.717, 1.165) is 43.8 Å². The second-order valence-electron chi connectivity index (χ2n) is 6.96. The molecule has 0 N–H and O–H groups in total. The minimum atomic E-state index is 0.305. The van der Waals surface area contributed by atoms with E-state index >= 15 is 0 Å². The molecule has 6 heteroatoms. The van der Waals surface area contributed by atoms with Gasteiger partial charge in [-0.25, -0.2) is 0 Å². The Balaban J connectivity index is 0.000000749. The zero-order valence-corrected chi connectivity index (χ0v) is 21.4. The summed E-state index contributed by atoms with van der Waals surface area (Å²) in [5, 5.41) is 0. The average Bonchev–Trinajstić information content (AvgIpc) is 3.18. The topological polar surface area (TPSA) is 46.2 Å². The third-order valence-corrected chi connectivity index (χ3v) is 6.86. The van der Waals surface area contributed by atoms with Crippen molar-refractivity contribution in [3.05, 3.63) is 23.3 Å². The van der Waals surface area contributed by atoms with Crippen molar-refractivity contribution >= 4 is 17.4 Å². The number of fused-ring (bicyclic) bond motifs is 1. The van der Waals surface area contributed by atoms with E-state index in [1.165, 1.54) is 21.1 Å². The van der Waals surface area contributed by atoms with Gasteiger partial charge in [-0.15, -0.1) is 0 Å². The maximum absolute atomic E-state index is 5.75. The van der Waals surface area contributed by atoms with Crippen LogP contribution in [-0.4, -0.2) is 57.2 Å². The molecule has 1 radical (unpaired) electrons. The van der Waals surface area contributed by atoms with E-state index in [9.17, 15) is 0 Å². The number of benzene rings is 1. The molecule has 0 saturated heterocycles. The SMILES string of the molecule is CCCCOCCOCCOCc1cc2c(cc1CCC)OCO2.C[CH2][Ga][CH2]C. The predicted octanol–water partition coefficient (Wildman–Crippen LogP) is 5.28. The number of unbranched alkanes of at least 4 members (excludes halogenated alkanes) is 1. The zero-order valence-electron chi connectivity index (χ0n) is 19.0. The van der Waals surface area contributed by atoms with Crippen molar-refractivity contribution in [1.29, 1.82) is 0 Å². The van der Waals surface area contributed by atoms with Crippen molar-refractivity contribution in [2.75, 3.05) is 39.8 Å². The Hall–Kier alpha value is -0.664. The van der Waals surface area contributed by atoms with Crippen molar-refractivity contribution in [3.8, 4) is 11.5 Å². The first kappa shape index (κ1) is 26.4. The molecule has 165 valence electrons. The van der Waals surface area contributed by atoms with Gasteiger partial charge in [-0.3, -0.25) is 0 Å². The van der Waals surface area contributed by atoms with Crippen LogP contribution in [0, 0.1) is 0 Å². The summed E-state index contributed by atoms with van der Waals surface area (Å²) in [6, 6.07) is 4.12. The Bertz CT molecular complexity index is 522. The summed E-state index contributed by atoms with van der Waals surface area (Å²) in [7, 11) is 0. The number of aryl methyl sites for hydroxylation is 1. The summed E-state index contributed by atoms with van der Waals surface area (Å²) in [5.41, 5.74) is 2.44. The van der Waals surface area contributed by atoms with Crippen LogP contribution in [0.3, 0.4) is 0 Å². The van der Waals surface area contributed by atoms with Crippen molar-refractivity contribution in [3.63, 3.8) is 0 Å². The van der Waals surface area contributed by atoms with E-state index in [1.807, 2.05) is 6.07 Å². The fourth-order valence-electron chi connectivity index (χ4n) is 2.82. The first-order valence-electron chi connectivity index (χ1n) is 11.2. The van der Waals surface area contributed by atoms with Crippen molar-refractivity contribution in [2.45, 2.75) is 69.9 Å². The number of hydrogen-bond acceptors (Lipinski definition) is 5. The molecule has 2 rings (SSSR count). The number of hydrogen-bond donors (Lipinski definition) is 0. The third-order valence-electron chi connectivity index (χ3n) is 4.44. The molecule has 1 aliphatic rings. The Morgan fingerprint density at radius 1 is 0.759 bits per heavy atom. The Labute approximate surface area is 185 Å². The van der Waals surface area contributed by atoms with Gasteiger partial charge in [-0.05, 0) is 36.1 Å². The molecule has 0 aliphatic carbocycles. The molecule has 1 heterocycles. The number of ether oxygens (including phenoxy) is 5. The Kier molecular flexibility index (Phi) is 16.5. The van der Waals surface area contributed by atoms with Crippen LogP contribution in [-0.2, 0) is 27.2 Å². The second kappa shape index (κ2) is 18.1.